The molecular formula is C28H24ClNO2. The molecule has 3 nitrogen and oxygen atoms in total. The maximum atomic E-state index is 13.0. The van der Waals surface area contributed by atoms with E-state index in [2.05, 4.69) is 36.5 Å². The Hall–Kier alpha value is -3.56. The molecule has 0 bridgehead atoms. The lowest BCUT2D eigenvalue weighted by Crippen LogP contribution is -2.29. The number of carbonyl (C=O) groups excluding carboxylic acids is 1. The van der Waals surface area contributed by atoms with Crippen molar-refractivity contribution in [1.29, 1.82) is 0 Å². The summed E-state index contributed by atoms with van der Waals surface area (Å²) in [6.07, 6.45) is 0. The first-order valence-corrected chi connectivity index (χ1v) is 10.9. The van der Waals surface area contributed by atoms with Crippen LogP contribution in [0.1, 0.15) is 38.7 Å². The van der Waals surface area contributed by atoms with Gasteiger partial charge in [0.2, 0.25) is 0 Å². The third-order valence-corrected chi connectivity index (χ3v) is 5.66. The summed E-state index contributed by atoms with van der Waals surface area (Å²) >= 11 is 6.18. The molecule has 1 amide bonds. The zero-order valence-corrected chi connectivity index (χ0v) is 18.5. The molecule has 0 aromatic heterocycles. The fraction of sp³-hybridized carbons (Fsp3) is 0.107. The number of rotatable bonds is 7. The quantitative estimate of drug-likeness (QED) is 0.344. The Balaban J connectivity index is 1.47. The van der Waals surface area contributed by atoms with Gasteiger partial charge >= 0.3 is 0 Å². The number of halogens is 1. The summed E-state index contributed by atoms with van der Waals surface area (Å²) in [5.74, 6) is 0.539. The molecule has 0 spiro atoms. The first-order chi connectivity index (χ1) is 15.6. The van der Waals surface area contributed by atoms with Gasteiger partial charge in [-0.1, -0.05) is 90.0 Å². The molecule has 0 fully saturated rings. The average molecular weight is 442 g/mol. The van der Waals surface area contributed by atoms with Gasteiger partial charge in [0.15, 0.2) is 0 Å². The zero-order chi connectivity index (χ0) is 22.3. The highest BCUT2D eigenvalue weighted by Crippen LogP contribution is 2.24. The molecule has 0 radical (unpaired) electrons. The SMILES string of the molecule is Cc1ccc([C@H](NC(=O)c2ccc(OCc3ccccc3Cl)cc2)c2ccccc2)cc1. The van der Waals surface area contributed by atoms with Crippen LogP contribution in [-0.2, 0) is 6.61 Å². The zero-order valence-electron chi connectivity index (χ0n) is 17.8. The van der Waals surface area contributed by atoms with Crippen LogP contribution < -0.4 is 10.1 Å². The Kier molecular flexibility index (Phi) is 6.88. The summed E-state index contributed by atoms with van der Waals surface area (Å²) in [5.41, 5.74) is 4.74. The molecule has 4 heteroatoms. The van der Waals surface area contributed by atoms with Gasteiger partial charge in [-0.15, -0.1) is 0 Å². The molecule has 1 N–H and O–H groups in total. The Morgan fingerprint density at radius 2 is 1.44 bits per heavy atom. The van der Waals surface area contributed by atoms with Crippen molar-refractivity contribution in [3.05, 3.63) is 136 Å². The van der Waals surface area contributed by atoms with Crippen molar-refractivity contribution in [1.82, 2.24) is 5.32 Å². The van der Waals surface area contributed by atoms with Gasteiger partial charge in [0.1, 0.15) is 12.4 Å². The molecule has 0 unspecified atom stereocenters. The molecule has 1 atom stereocenters. The van der Waals surface area contributed by atoms with Crippen LogP contribution in [0.4, 0.5) is 0 Å². The molecule has 0 saturated carbocycles. The number of benzene rings is 4. The largest absolute Gasteiger partial charge is 0.489 e. The minimum Gasteiger partial charge on any atom is -0.489 e. The van der Waals surface area contributed by atoms with Crippen LogP contribution in [-0.4, -0.2) is 5.91 Å². The van der Waals surface area contributed by atoms with Crippen molar-refractivity contribution in [2.24, 2.45) is 0 Å². The number of carbonyl (C=O) groups is 1. The lowest BCUT2D eigenvalue weighted by atomic mass is 9.97. The topological polar surface area (TPSA) is 38.3 Å². The monoisotopic (exact) mass is 441 g/mol. The van der Waals surface area contributed by atoms with E-state index in [-0.39, 0.29) is 11.9 Å². The molecule has 0 aliphatic rings. The first kappa shape index (κ1) is 21.7. The summed E-state index contributed by atoms with van der Waals surface area (Å²) in [5, 5.41) is 3.85. The second-order valence-electron chi connectivity index (χ2n) is 7.63. The minimum atomic E-state index is -0.236. The fourth-order valence-corrected chi connectivity index (χ4v) is 3.65. The van der Waals surface area contributed by atoms with Gasteiger partial charge < -0.3 is 10.1 Å². The fourth-order valence-electron chi connectivity index (χ4n) is 3.46. The van der Waals surface area contributed by atoms with E-state index in [9.17, 15) is 4.79 Å². The number of hydrogen-bond donors (Lipinski definition) is 1. The smallest absolute Gasteiger partial charge is 0.252 e. The molecule has 4 aromatic carbocycles. The Morgan fingerprint density at radius 1 is 0.812 bits per heavy atom. The van der Waals surface area contributed by atoms with Crippen LogP contribution in [0.25, 0.3) is 0 Å². The second kappa shape index (κ2) is 10.2. The van der Waals surface area contributed by atoms with Crippen LogP contribution >= 0.6 is 11.6 Å². The van der Waals surface area contributed by atoms with Crippen molar-refractivity contribution in [2.45, 2.75) is 19.6 Å². The Morgan fingerprint density at radius 3 is 2.12 bits per heavy atom. The standard InChI is InChI=1S/C28H24ClNO2/c1-20-11-13-22(14-12-20)27(21-7-3-2-4-8-21)30-28(31)23-15-17-25(18-16-23)32-19-24-9-5-6-10-26(24)29/h2-18,27H,19H2,1H3,(H,30,31)/t27-/m1/s1. The Labute approximate surface area is 193 Å². The van der Waals surface area contributed by atoms with Gasteiger partial charge in [0.05, 0.1) is 6.04 Å². The molecule has 0 aliphatic carbocycles. The number of amides is 1. The van der Waals surface area contributed by atoms with Crippen molar-refractivity contribution in [3.63, 3.8) is 0 Å². The minimum absolute atomic E-state index is 0.142. The molecule has 32 heavy (non-hydrogen) atoms. The van der Waals surface area contributed by atoms with Crippen molar-refractivity contribution < 1.29 is 9.53 Å². The van der Waals surface area contributed by atoms with Crippen LogP contribution in [0.15, 0.2) is 103 Å². The summed E-state index contributed by atoms with van der Waals surface area (Å²) < 4.78 is 5.82. The summed E-state index contributed by atoms with van der Waals surface area (Å²) in [4.78, 5) is 13.0. The highest BCUT2D eigenvalue weighted by atomic mass is 35.5. The Bertz CT molecular complexity index is 1170. The highest BCUT2D eigenvalue weighted by Gasteiger charge is 2.18. The number of hydrogen-bond acceptors (Lipinski definition) is 2. The van der Waals surface area contributed by atoms with Gasteiger partial charge in [0.25, 0.3) is 5.91 Å². The maximum Gasteiger partial charge on any atom is 0.252 e. The van der Waals surface area contributed by atoms with E-state index in [4.69, 9.17) is 16.3 Å². The lowest BCUT2D eigenvalue weighted by molar-refractivity contribution is 0.0943. The normalized spacial score (nSPS) is 11.6. The van der Waals surface area contributed by atoms with Gasteiger partial charge in [-0.25, -0.2) is 0 Å². The van der Waals surface area contributed by atoms with Gasteiger partial charge in [-0.2, -0.15) is 0 Å². The molecule has 0 heterocycles. The van der Waals surface area contributed by atoms with E-state index in [0.29, 0.717) is 22.9 Å². The maximum absolute atomic E-state index is 13.0. The lowest BCUT2D eigenvalue weighted by Gasteiger charge is -2.20. The van der Waals surface area contributed by atoms with E-state index in [0.717, 1.165) is 16.7 Å². The third kappa shape index (κ3) is 5.37. The van der Waals surface area contributed by atoms with Crippen molar-refractivity contribution in [3.8, 4) is 5.75 Å². The van der Waals surface area contributed by atoms with E-state index < -0.39 is 0 Å². The molecule has 0 saturated heterocycles. The van der Waals surface area contributed by atoms with Crippen molar-refractivity contribution in [2.75, 3.05) is 0 Å². The first-order valence-electron chi connectivity index (χ1n) is 10.5. The predicted octanol–water partition coefficient (Wildman–Crippen LogP) is 6.75. The van der Waals surface area contributed by atoms with Gasteiger partial charge in [0, 0.05) is 16.1 Å². The van der Waals surface area contributed by atoms with E-state index in [1.165, 1.54) is 5.56 Å². The van der Waals surface area contributed by atoms with E-state index in [1.807, 2.05) is 54.6 Å². The van der Waals surface area contributed by atoms with Crippen molar-refractivity contribution >= 4 is 17.5 Å². The summed E-state index contributed by atoms with van der Waals surface area (Å²) in [6, 6.07) is 32.7. The molecular weight excluding hydrogens is 418 g/mol. The predicted molar refractivity (Wildman–Crippen MR) is 129 cm³/mol. The molecule has 4 aromatic rings. The summed E-state index contributed by atoms with van der Waals surface area (Å²) in [6.45, 7) is 2.42. The molecule has 160 valence electrons. The van der Waals surface area contributed by atoms with Crippen LogP contribution in [0.5, 0.6) is 5.75 Å². The second-order valence-corrected chi connectivity index (χ2v) is 8.04. The molecule has 4 rings (SSSR count). The van der Waals surface area contributed by atoms with Crippen LogP contribution in [0.3, 0.4) is 0 Å². The van der Waals surface area contributed by atoms with E-state index >= 15 is 0 Å². The average Bonchev–Trinajstić information content (AvgIpc) is 2.83. The number of aryl methyl sites for hydroxylation is 1. The number of ether oxygens (including phenoxy) is 1. The highest BCUT2D eigenvalue weighted by molar-refractivity contribution is 6.31. The molecule has 0 aliphatic heterocycles. The van der Waals surface area contributed by atoms with Crippen LogP contribution in [0.2, 0.25) is 5.02 Å². The third-order valence-electron chi connectivity index (χ3n) is 5.29. The van der Waals surface area contributed by atoms with E-state index in [1.54, 1.807) is 24.3 Å². The van der Waals surface area contributed by atoms with Crippen LogP contribution in [0, 0.1) is 6.92 Å². The van der Waals surface area contributed by atoms with Gasteiger partial charge in [-0.05, 0) is 48.4 Å². The summed E-state index contributed by atoms with van der Waals surface area (Å²) in [7, 11) is 0. The number of nitrogens with one attached hydrogen (secondary N) is 1. The van der Waals surface area contributed by atoms with Gasteiger partial charge in [-0.3, -0.25) is 4.79 Å².